The number of benzene rings is 4. The maximum atomic E-state index is 6.33. The van der Waals surface area contributed by atoms with Gasteiger partial charge in [0.15, 0.2) is 5.82 Å². The monoisotopic (exact) mass is 610 g/mol. The molecular formula is C32H32BrN6P. The van der Waals surface area contributed by atoms with Gasteiger partial charge in [0.25, 0.3) is 0 Å². The molecule has 40 heavy (non-hydrogen) atoms. The summed E-state index contributed by atoms with van der Waals surface area (Å²) in [5.41, 5.74) is 7.58. The van der Waals surface area contributed by atoms with E-state index in [1.165, 1.54) is 21.6 Å². The Morgan fingerprint density at radius 3 is 1.45 bits per heavy atom. The lowest BCUT2D eigenvalue weighted by molar-refractivity contribution is -0.00000801. The number of nitrogens with zero attached hydrogens (tertiary/aromatic N) is 5. The maximum Gasteiger partial charge on any atom is 0.230 e. The van der Waals surface area contributed by atoms with E-state index >= 15 is 0 Å². The molecule has 202 valence electrons. The highest BCUT2D eigenvalue weighted by Crippen LogP contribution is 2.57. The molecule has 6 rings (SSSR count). The molecule has 0 spiro atoms. The average Bonchev–Trinajstić information content (AvgIpc) is 3.01. The third-order valence-corrected chi connectivity index (χ3v) is 11.6. The van der Waals surface area contributed by atoms with Gasteiger partial charge in [-0.2, -0.15) is 15.0 Å². The second-order valence-electron chi connectivity index (χ2n) is 9.69. The molecule has 8 heteroatoms. The Hall–Kier alpha value is -3.80. The molecule has 2 heterocycles. The lowest BCUT2D eigenvalue weighted by Crippen LogP contribution is -3.00. The second kappa shape index (κ2) is 12.6. The zero-order valence-electron chi connectivity index (χ0n) is 22.2. The molecule has 2 N–H and O–H groups in total. The van der Waals surface area contributed by atoms with E-state index in [4.69, 9.17) is 15.7 Å². The van der Waals surface area contributed by atoms with Gasteiger partial charge in [-0.05, 0) is 48.5 Å². The quantitative estimate of drug-likeness (QED) is 0.280. The van der Waals surface area contributed by atoms with Gasteiger partial charge < -0.3 is 32.5 Å². The molecule has 5 aromatic rings. The van der Waals surface area contributed by atoms with Crippen LogP contribution in [0, 0.1) is 0 Å². The summed E-state index contributed by atoms with van der Waals surface area (Å²) in [6.45, 7) is 3.46. The minimum Gasteiger partial charge on any atom is -1.00 e. The molecule has 0 bridgehead atoms. The number of aromatic nitrogens is 3. The predicted octanol–water partition coefficient (Wildman–Crippen LogP) is 1.28. The third-order valence-electron chi connectivity index (χ3n) is 7.34. The van der Waals surface area contributed by atoms with E-state index < -0.39 is 7.26 Å². The first-order chi connectivity index (χ1) is 19.2. The van der Waals surface area contributed by atoms with Crippen LogP contribution in [0.25, 0.3) is 0 Å². The van der Waals surface area contributed by atoms with Crippen LogP contribution in [-0.2, 0) is 6.16 Å². The van der Waals surface area contributed by atoms with Crippen LogP contribution in [0.1, 0.15) is 5.82 Å². The first-order valence-electron chi connectivity index (χ1n) is 13.3. The van der Waals surface area contributed by atoms with Crippen LogP contribution < -0.4 is 48.4 Å². The Labute approximate surface area is 247 Å². The lowest BCUT2D eigenvalue weighted by Gasteiger charge is -2.36. The summed E-state index contributed by atoms with van der Waals surface area (Å²) in [5, 5.41) is 3.87. The molecule has 1 aliphatic heterocycles. The van der Waals surface area contributed by atoms with Crippen molar-refractivity contribution in [3.63, 3.8) is 0 Å². The van der Waals surface area contributed by atoms with Crippen LogP contribution in [0.5, 0.6) is 0 Å². The molecule has 0 radical (unpaired) electrons. The standard InChI is InChI=1S/C32H32N6P.BrH/c33-31-34-30(35-32(36-31)38-23-21-37(22-24-38)26-13-5-1-6-14-26)25-39(27-15-7-2-8-16-27,28-17-9-3-10-18-28)29-19-11-4-12-20-29;/h1-20H,21-25H2,(H2,33,34,35,36);1H/q+1;/p-1. The number of para-hydroxylation sites is 1. The molecule has 0 unspecified atom stereocenters. The van der Waals surface area contributed by atoms with Gasteiger partial charge in [0, 0.05) is 31.9 Å². The van der Waals surface area contributed by atoms with E-state index in [1.54, 1.807) is 0 Å². The Balaban J connectivity index is 0.00000323. The largest absolute Gasteiger partial charge is 1.00 e. The minimum absolute atomic E-state index is 0. The van der Waals surface area contributed by atoms with Crippen LogP contribution in [0.15, 0.2) is 121 Å². The molecular weight excluding hydrogens is 579 g/mol. The van der Waals surface area contributed by atoms with Gasteiger partial charge in [-0.1, -0.05) is 72.8 Å². The number of anilines is 3. The molecule has 1 fully saturated rings. The van der Waals surface area contributed by atoms with Gasteiger partial charge in [-0.25, -0.2) is 0 Å². The fraction of sp³-hybridized carbons (Fsp3) is 0.156. The van der Waals surface area contributed by atoms with Crippen molar-refractivity contribution in [2.45, 2.75) is 6.16 Å². The summed E-state index contributed by atoms with van der Waals surface area (Å²) < 4.78 is 0. The number of nitrogen functional groups attached to an aromatic ring is 1. The number of hydrogen-bond acceptors (Lipinski definition) is 6. The van der Waals surface area contributed by atoms with E-state index in [2.05, 4.69) is 136 Å². The summed E-state index contributed by atoms with van der Waals surface area (Å²) >= 11 is 0. The average molecular weight is 612 g/mol. The van der Waals surface area contributed by atoms with Gasteiger partial charge in [0.1, 0.15) is 29.3 Å². The van der Waals surface area contributed by atoms with Gasteiger partial charge in [0.05, 0.1) is 0 Å². The van der Waals surface area contributed by atoms with Crippen LogP contribution in [-0.4, -0.2) is 41.1 Å². The smallest absolute Gasteiger partial charge is 0.230 e. The van der Waals surface area contributed by atoms with E-state index in [9.17, 15) is 0 Å². The number of halogens is 1. The summed E-state index contributed by atoms with van der Waals surface area (Å²) in [5.74, 6) is 1.66. The zero-order valence-corrected chi connectivity index (χ0v) is 24.7. The summed E-state index contributed by atoms with van der Waals surface area (Å²) in [7, 11) is -2.14. The number of piperazine rings is 1. The maximum absolute atomic E-state index is 6.33. The Morgan fingerprint density at radius 2 is 0.975 bits per heavy atom. The van der Waals surface area contributed by atoms with E-state index in [0.29, 0.717) is 12.1 Å². The molecule has 1 aliphatic rings. The van der Waals surface area contributed by atoms with Crippen molar-refractivity contribution < 1.29 is 17.0 Å². The SMILES string of the molecule is Nc1nc(C[P+](c2ccccc2)(c2ccccc2)c2ccccc2)nc(N2CCN(c3ccccc3)CC2)n1.[Br-]. The van der Waals surface area contributed by atoms with Gasteiger partial charge in [-0.3, -0.25) is 0 Å². The van der Waals surface area contributed by atoms with E-state index in [1.807, 2.05) is 0 Å². The Morgan fingerprint density at radius 1 is 0.550 bits per heavy atom. The fourth-order valence-corrected chi connectivity index (χ4v) is 9.47. The van der Waals surface area contributed by atoms with Crippen molar-refractivity contribution in [3.8, 4) is 0 Å². The first kappa shape index (κ1) is 27.8. The summed E-state index contributed by atoms with van der Waals surface area (Å²) in [4.78, 5) is 19.0. The van der Waals surface area contributed by atoms with Crippen LogP contribution >= 0.6 is 7.26 Å². The van der Waals surface area contributed by atoms with Gasteiger partial charge in [0.2, 0.25) is 11.9 Å². The van der Waals surface area contributed by atoms with Crippen molar-refractivity contribution >= 4 is 40.8 Å². The van der Waals surface area contributed by atoms with Crippen molar-refractivity contribution in [2.75, 3.05) is 41.7 Å². The normalized spacial score (nSPS) is 13.5. The van der Waals surface area contributed by atoms with Crippen molar-refractivity contribution in [2.24, 2.45) is 0 Å². The zero-order chi connectivity index (χ0) is 26.5. The molecule has 0 amide bonds. The molecule has 1 saturated heterocycles. The highest BCUT2D eigenvalue weighted by atomic mass is 79.9. The minimum atomic E-state index is -2.14. The number of rotatable bonds is 7. The van der Waals surface area contributed by atoms with Crippen molar-refractivity contribution in [1.29, 1.82) is 0 Å². The molecule has 1 aromatic heterocycles. The van der Waals surface area contributed by atoms with Crippen molar-refractivity contribution in [3.05, 3.63) is 127 Å². The Kier molecular flexibility index (Phi) is 8.73. The van der Waals surface area contributed by atoms with Crippen LogP contribution in [0.3, 0.4) is 0 Å². The highest BCUT2D eigenvalue weighted by molar-refractivity contribution is 7.95. The lowest BCUT2D eigenvalue weighted by atomic mass is 10.2. The molecule has 0 saturated carbocycles. The third kappa shape index (κ3) is 5.72. The topological polar surface area (TPSA) is 71.2 Å². The predicted molar refractivity (Wildman–Crippen MR) is 164 cm³/mol. The van der Waals surface area contributed by atoms with E-state index in [0.717, 1.165) is 32.0 Å². The highest BCUT2D eigenvalue weighted by Gasteiger charge is 2.46. The van der Waals surface area contributed by atoms with Crippen molar-refractivity contribution in [1.82, 2.24) is 15.0 Å². The van der Waals surface area contributed by atoms with Gasteiger partial charge in [-0.15, -0.1) is 0 Å². The van der Waals surface area contributed by atoms with Crippen LogP contribution in [0.2, 0.25) is 0 Å². The second-order valence-corrected chi connectivity index (χ2v) is 13.2. The Bertz CT molecular complexity index is 1400. The number of nitrogens with two attached hydrogens (primary N) is 1. The summed E-state index contributed by atoms with van der Waals surface area (Å²) in [6, 6.07) is 42.9. The molecule has 4 aromatic carbocycles. The fourth-order valence-electron chi connectivity index (χ4n) is 5.42. The molecule has 6 nitrogen and oxygen atoms in total. The number of hydrogen-bond donors (Lipinski definition) is 1. The first-order valence-corrected chi connectivity index (χ1v) is 15.3. The molecule has 0 atom stereocenters. The van der Waals surface area contributed by atoms with Gasteiger partial charge >= 0.3 is 0 Å². The molecule has 0 aliphatic carbocycles. The van der Waals surface area contributed by atoms with Crippen LogP contribution in [0.4, 0.5) is 17.6 Å². The van der Waals surface area contributed by atoms with E-state index in [-0.39, 0.29) is 22.9 Å². The summed E-state index contributed by atoms with van der Waals surface area (Å²) in [6.07, 6.45) is 0.661.